The van der Waals surface area contributed by atoms with Crippen LogP contribution in [0.2, 0.25) is 0 Å². The third-order valence-corrected chi connectivity index (χ3v) is 2.48. The molecule has 0 saturated heterocycles. The Morgan fingerprint density at radius 3 is 2.33 bits per heavy atom. The van der Waals surface area contributed by atoms with Gasteiger partial charge in [-0.3, -0.25) is 4.79 Å². The molecule has 0 heterocycles. The van der Waals surface area contributed by atoms with E-state index in [0.717, 1.165) is 0 Å². The molecule has 0 spiro atoms. The molecule has 4 heteroatoms. The normalized spacial score (nSPS) is 41.8. The Balaban J connectivity index is 2.50. The first-order valence-corrected chi connectivity index (χ1v) is 3.95. The molecule has 3 nitrogen and oxygen atoms in total. The maximum absolute atomic E-state index is 10.3. The van der Waals surface area contributed by atoms with E-state index in [4.69, 9.17) is 10.8 Å². The van der Waals surface area contributed by atoms with Crippen LogP contribution in [0.15, 0.2) is 0 Å². The van der Waals surface area contributed by atoms with Gasteiger partial charge in [-0.05, 0) is 12.8 Å². The minimum atomic E-state index is -0.897. The van der Waals surface area contributed by atoms with Gasteiger partial charge in [0.1, 0.15) is 5.54 Å². The second-order valence-electron chi connectivity index (χ2n) is 2.47. The number of halogens is 1. The van der Waals surface area contributed by atoms with Gasteiger partial charge in [0, 0.05) is 3.92 Å². The third kappa shape index (κ3) is 1.19. The summed E-state index contributed by atoms with van der Waals surface area (Å²) in [6.07, 6.45) is 1.23. The second-order valence-corrected chi connectivity index (χ2v) is 4.23. The SMILES string of the molecule is NC1(C(=O)O)CC(I)C1. The van der Waals surface area contributed by atoms with Gasteiger partial charge >= 0.3 is 5.97 Å². The summed E-state index contributed by atoms with van der Waals surface area (Å²) in [5.74, 6) is -0.865. The molecule has 0 aromatic rings. The van der Waals surface area contributed by atoms with Crippen LogP contribution in [0.1, 0.15) is 12.8 Å². The highest BCUT2D eigenvalue weighted by atomic mass is 127. The molecule has 1 aliphatic rings. The summed E-state index contributed by atoms with van der Waals surface area (Å²) in [5, 5.41) is 8.48. The number of carbonyl (C=O) groups is 1. The largest absolute Gasteiger partial charge is 0.480 e. The van der Waals surface area contributed by atoms with E-state index in [9.17, 15) is 4.79 Å². The molecule has 0 amide bonds. The number of aliphatic carboxylic acids is 1. The zero-order valence-corrected chi connectivity index (χ0v) is 6.96. The zero-order chi connectivity index (χ0) is 7.07. The van der Waals surface area contributed by atoms with Crippen LogP contribution in [-0.2, 0) is 4.79 Å². The molecule has 0 aromatic heterocycles. The fourth-order valence-electron chi connectivity index (χ4n) is 0.905. The van der Waals surface area contributed by atoms with E-state index in [2.05, 4.69) is 22.6 Å². The van der Waals surface area contributed by atoms with E-state index in [-0.39, 0.29) is 0 Å². The summed E-state index contributed by atoms with van der Waals surface area (Å²) in [4.78, 5) is 10.3. The van der Waals surface area contributed by atoms with E-state index in [1.54, 1.807) is 0 Å². The second kappa shape index (κ2) is 2.09. The van der Waals surface area contributed by atoms with Gasteiger partial charge in [-0.2, -0.15) is 0 Å². The van der Waals surface area contributed by atoms with Crippen molar-refractivity contribution in [3.63, 3.8) is 0 Å². The van der Waals surface area contributed by atoms with Gasteiger partial charge < -0.3 is 10.8 Å². The van der Waals surface area contributed by atoms with Crippen molar-refractivity contribution < 1.29 is 9.90 Å². The van der Waals surface area contributed by atoms with Gasteiger partial charge in [0.05, 0.1) is 0 Å². The van der Waals surface area contributed by atoms with Crippen LogP contribution >= 0.6 is 22.6 Å². The molecule has 52 valence electrons. The van der Waals surface area contributed by atoms with Gasteiger partial charge in [-0.25, -0.2) is 0 Å². The molecule has 1 aliphatic carbocycles. The zero-order valence-electron chi connectivity index (χ0n) is 4.80. The van der Waals surface area contributed by atoms with Crippen LogP contribution in [0, 0.1) is 0 Å². The quantitative estimate of drug-likeness (QED) is 0.514. The van der Waals surface area contributed by atoms with Gasteiger partial charge in [0.2, 0.25) is 0 Å². The Morgan fingerprint density at radius 2 is 2.22 bits per heavy atom. The predicted molar refractivity (Wildman–Crippen MR) is 41.6 cm³/mol. The lowest BCUT2D eigenvalue weighted by Crippen LogP contribution is -2.58. The molecule has 0 atom stereocenters. The van der Waals surface area contributed by atoms with Crippen molar-refractivity contribution in [2.24, 2.45) is 5.73 Å². The molecule has 0 bridgehead atoms. The molecule has 0 aromatic carbocycles. The number of hydrogen-bond donors (Lipinski definition) is 2. The molecule has 1 fully saturated rings. The molecule has 0 radical (unpaired) electrons. The summed E-state index contributed by atoms with van der Waals surface area (Å²) >= 11 is 2.21. The number of carboxylic acids is 1. The van der Waals surface area contributed by atoms with E-state index >= 15 is 0 Å². The van der Waals surface area contributed by atoms with Crippen LogP contribution in [0.5, 0.6) is 0 Å². The summed E-state index contributed by atoms with van der Waals surface area (Å²) in [5.41, 5.74) is 4.53. The first-order valence-electron chi connectivity index (χ1n) is 2.71. The van der Waals surface area contributed by atoms with Crippen molar-refractivity contribution in [3.8, 4) is 0 Å². The molecule has 0 aliphatic heterocycles. The fraction of sp³-hybridized carbons (Fsp3) is 0.800. The topological polar surface area (TPSA) is 63.3 Å². The highest BCUT2D eigenvalue weighted by Crippen LogP contribution is 2.35. The average molecular weight is 241 g/mol. The molecular weight excluding hydrogens is 233 g/mol. The van der Waals surface area contributed by atoms with E-state index in [1.165, 1.54) is 0 Å². The predicted octanol–water partition coefficient (Wildman–Crippen LogP) is 0.366. The number of nitrogens with two attached hydrogens (primary N) is 1. The minimum Gasteiger partial charge on any atom is -0.480 e. The number of hydrogen-bond acceptors (Lipinski definition) is 2. The lowest BCUT2D eigenvalue weighted by Gasteiger charge is -2.37. The van der Waals surface area contributed by atoms with Crippen molar-refractivity contribution in [1.29, 1.82) is 0 Å². The van der Waals surface area contributed by atoms with Crippen LogP contribution in [-0.4, -0.2) is 20.5 Å². The number of rotatable bonds is 1. The minimum absolute atomic E-state index is 0.462. The van der Waals surface area contributed by atoms with Gasteiger partial charge in [-0.1, -0.05) is 22.6 Å². The molecule has 1 rings (SSSR count). The Kier molecular flexibility index (Phi) is 1.69. The van der Waals surface area contributed by atoms with Crippen molar-refractivity contribution in [2.75, 3.05) is 0 Å². The Hall–Kier alpha value is 0.160. The molecule has 0 unspecified atom stereocenters. The van der Waals surface area contributed by atoms with E-state index < -0.39 is 11.5 Å². The molecule has 1 saturated carbocycles. The first-order chi connectivity index (χ1) is 4.04. The molecular formula is C5H8INO2. The number of alkyl halides is 1. The van der Waals surface area contributed by atoms with Crippen LogP contribution in [0.25, 0.3) is 0 Å². The van der Waals surface area contributed by atoms with E-state index in [1.807, 2.05) is 0 Å². The van der Waals surface area contributed by atoms with Crippen LogP contribution in [0.4, 0.5) is 0 Å². The van der Waals surface area contributed by atoms with Crippen LogP contribution < -0.4 is 5.73 Å². The maximum Gasteiger partial charge on any atom is 0.323 e. The van der Waals surface area contributed by atoms with Crippen molar-refractivity contribution in [1.82, 2.24) is 0 Å². The first kappa shape index (κ1) is 7.27. The Bertz CT molecular complexity index is 142. The van der Waals surface area contributed by atoms with Crippen molar-refractivity contribution >= 4 is 28.6 Å². The Morgan fingerprint density at radius 1 is 1.78 bits per heavy atom. The summed E-state index contributed by atoms with van der Waals surface area (Å²) in [7, 11) is 0. The average Bonchev–Trinajstić information content (AvgIpc) is 1.62. The highest BCUT2D eigenvalue weighted by Gasteiger charge is 2.45. The lowest BCUT2D eigenvalue weighted by atomic mass is 9.78. The maximum atomic E-state index is 10.3. The summed E-state index contributed by atoms with van der Waals surface area (Å²) < 4.78 is 0.462. The lowest BCUT2D eigenvalue weighted by molar-refractivity contribution is -0.146. The van der Waals surface area contributed by atoms with Gasteiger partial charge in [-0.15, -0.1) is 0 Å². The molecule has 3 N–H and O–H groups in total. The number of carboxylic acid groups (broad SMARTS) is 1. The monoisotopic (exact) mass is 241 g/mol. The highest BCUT2D eigenvalue weighted by molar-refractivity contribution is 14.1. The van der Waals surface area contributed by atoms with Crippen molar-refractivity contribution in [3.05, 3.63) is 0 Å². The van der Waals surface area contributed by atoms with Crippen molar-refractivity contribution in [2.45, 2.75) is 22.3 Å². The van der Waals surface area contributed by atoms with Gasteiger partial charge in [0.25, 0.3) is 0 Å². The third-order valence-electron chi connectivity index (χ3n) is 1.60. The smallest absolute Gasteiger partial charge is 0.323 e. The van der Waals surface area contributed by atoms with E-state index in [0.29, 0.717) is 16.8 Å². The Labute approximate surface area is 66.8 Å². The summed E-state index contributed by atoms with van der Waals surface area (Å²) in [6, 6.07) is 0. The summed E-state index contributed by atoms with van der Waals surface area (Å²) in [6.45, 7) is 0. The molecule has 9 heavy (non-hydrogen) atoms. The fourth-order valence-corrected chi connectivity index (χ4v) is 2.48. The standard InChI is InChI=1S/C5H8INO2/c6-3-1-5(7,2-3)4(8)9/h3H,1-2,7H2,(H,8,9). The van der Waals surface area contributed by atoms with Crippen LogP contribution in [0.3, 0.4) is 0 Å². The van der Waals surface area contributed by atoms with Gasteiger partial charge in [0.15, 0.2) is 0 Å².